The van der Waals surface area contributed by atoms with E-state index >= 15 is 0 Å². The molecule has 0 aliphatic rings. The lowest BCUT2D eigenvalue weighted by Crippen LogP contribution is -2.10. The Kier molecular flexibility index (Phi) is 9.34. The molecule has 0 amide bonds. The number of rotatable bonds is 12. The van der Waals surface area contributed by atoms with Gasteiger partial charge in [-0.25, -0.2) is 0 Å². The molecule has 118 valence electrons. The highest BCUT2D eigenvalue weighted by molar-refractivity contribution is 5.77. The highest BCUT2D eigenvalue weighted by Gasteiger charge is 1.98. The molecular formula is C18H30N2O. The van der Waals surface area contributed by atoms with Crippen LogP contribution in [0.1, 0.15) is 63.9 Å². The van der Waals surface area contributed by atoms with Gasteiger partial charge in [0.05, 0.1) is 12.4 Å². The summed E-state index contributed by atoms with van der Waals surface area (Å²) in [4.78, 5) is 0. The Balaban J connectivity index is 2.08. The van der Waals surface area contributed by atoms with E-state index in [1.54, 1.807) is 0 Å². The third-order valence-corrected chi connectivity index (χ3v) is 3.62. The Morgan fingerprint density at radius 3 is 2.24 bits per heavy atom. The summed E-state index contributed by atoms with van der Waals surface area (Å²) in [5, 5.41) is 7.22. The molecule has 3 nitrogen and oxygen atoms in total. The van der Waals surface area contributed by atoms with Gasteiger partial charge in [-0.2, -0.15) is 0 Å². The molecule has 0 fully saturated rings. The maximum atomic E-state index is 7.22. The molecule has 1 rings (SSSR count). The minimum atomic E-state index is 0.245. The van der Waals surface area contributed by atoms with Gasteiger partial charge in [-0.1, -0.05) is 57.6 Å². The molecule has 1 aromatic rings. The van der Waals surface area contributed by atoms with Crippen molar-refractivity contribution in [2.45, 2.75) is 64.7 Å². The topological polar surface area (TPSA) is 59.1 Å². The predicted molar refractivity (Wildman–Crippen MR) is 90.2 cm³/mol. The number of hydrogen-bond acceptors (Lipinski definition) is 2. The molecule has 0 heterocycles. The van der Waals surface area contributed by atoms with E-state index in [4.69, 9.17) is 15.9 Å². The van der Waals surface area contributed by atoms with Crippen LogP contribution in [0, 0.1) is 5.41 Å². The quantitative estimate of drug-likeness (QED) is 0.333. The zero-order valence-electron chi connectivity index (χ0n) is 13.4. The molecule has 0 spiro atoms. The van der Waals surface area contributed by atoms with Gasteiger partial charge in [0.25, 0.3) is 0 Å². The summed E-state index contributed by atoms with van der Waals surface area (Å²) in [5.41, 5.74) is 6.56. The number of ether oxygens (including phenoxy) is 1. The summed E-state index contributed by atoms with van der Waals surface area (Å²) < 4.78 is 5.75. The minimum absolute atomic E-state index is 0.245. The van der Waals surface area contributed by atoms with E-state index in [0.717, 1.165) is 25.2 Å². The Hall–Kier alpha value is -1.51. The second-order valence-corrected chi connectivity index (χ2v) is 5.64. The van der Waals surface area contributed by atoms with Gasteiger partial charge in [-0.05, 0) is 30.5 Å². The van der Waals surface area contributed by atoms with E-state index in [1.807, 2.05) is 12.1 Å². The third kappa shape index (κ3) is 9.11. The summed E-state index contributed by atoms with van der Waals surface area (Å²) in [6, 6.07) is 8.14. The molecule has 0 radical (unpaired) electrons. The highest BCUT2D eigenvalue weighted by atomic mass is 16.5. The lowest BCUT2D eigenvalue weighted by atomic mass is 10.1. The van der Waals surface area contributed by atoms with Gasteiger partial charge in [0.1, 0.15) is 5.75 Å². The van der Waals surface area contributed by atoms with Gasteiger partial charge in [0.15, 0.2) is 0 Å². The van der Waals surface area contributed by atoms with E-state index in [1.165, 1.54) is 44.1 Å². The van der Waals surface area contributed by atoms with Crippen LogP contribution in [0.25, 0.3) is 0 Å². The Morgan fingerprint density at radius 2 is 1.62 bits per heavy atom. The van der Waals surface area contributed by atoms with Crippen molar-refractivity contribution in [2.75, 3.05) is 6.61 Å². The first-order valence-electron chi connectivity index (χ1n) is 8.27. The fourth-order valence-corrected chi connectivity index (χ4v) is 2.28. The molecule has 0 atom stereocenters. The average molecular weight is 290 g/mol. The highest BCUT2D eigenvalue weighted by Crippen LogP contribution is 2.14. The number of aryl methyl sites for hydroxylation is 1. The molecule has 1 aromatic carbocycles. The summed E-state index contributed by atoms with van der Waals surface area (Å²) in [5.74, 6) is 1.18. The van der Waals surface area contributed by atoms with Crippen molar-refractivity contribution < 1.29 is 4.74 Å². The fourth-order valence-electron chi connectivity index (χ4n) is 2.28. The largest absolute Gasteiger partial charge is 0.494 e. The van der Waals surface area contributed by atoms with E-state index < -0.39 is 0 Å². The smallest absolute Gasteiger partial charge is 0.119 e. The summed E-state index contributed by atoms with van der Waals surface area (Å²) in [7, 11) is 0. The van der Waals surface area contributed by atoms with Gasteiger partial charge in [-0.15, -0.1) is 0 Å². The molecule has 0 saturated heterocycles. The van der Waals surface area contributed by atoms with Crippen LogP contribution in [-0.4, -0.2) is 12.4 Å². The van der Waals surface area contributed by atoms with Crippen molar-refractivity contribution in [1.29, 1.82) is 5.41 Å². The molecule has 0 aliphatic carbocycles. The van der Waals surface area contributed by atoms with Crippen molar-refractivity contribution in [2.24, 2.45) is 5.73 Å². The summed E-state index contributed by atoms with van der Waals surface area (Å²) in [6.07, 6.45) is 10.6. The first kappa shape index (κ1) is 17.5. The Morgan fingerprint density at radius 1 is 1.00 bits per heavy atom. The lowest BCUT2D eigenvalue weighted by molar-refractivity contribution is 0.304. The minimum Gasteiger partial charge on any atom is -0.494 e. The van der Waals surface area contributed by atoms with E-state index in [-0.39, 0.29) is 5.84 Å². The van der Waals surface area contributed by atoms with Crippen molar-refractivity contribution >= 4 is 5.84 Å². The second-order valence-electron chi connectivity index (χ2n) is 5.64. The van der Waals surface area contributed by atoms with Crippen LogP contribution in [-0.2, 0) is 6.42 Å². The molecular weight excluding hydrogens is 260 g/mol. The average Bonchev–Trinajstić information content (AvgIpc) is 2.49. The normalized spacial score (nSPS) is 10.5. The van der Waals surface area contributed by atoms with Crippen molar-refractivity contribution in [3.8, 4) is 5.75 Å². The number of unbranched alkanes of at least 4 members (excludes halogenated alkanes) is 6. The van der Waals surface area contributed by atoms with Gasteiger partial charge in [0.2, 0.25) is 0 Å². The van der Waals surface area contributed by atoms with E-state index in [0.29, 0.717) is 6.42 Å². The Bertz CT molecular complexity index is 387. The molecule has 0 aromatic heterocycles. The van der Waals surface area contributed by atoms with Crippen LogP contribution in [0.3, 0.4) is 0 Å². The molecule has 0 saturated carbocycles. The van der Waals surface area contributed by atoms with Crippen LogP contribution >= 0.6 is 0 Å². The van der Waals surface area contributed by atoms with E-state index in [9.17, 15) is 0 Å². The van der Waals surface area contributed by atoms with Crippen molar-refractivity contribution in [3.05, 3.63) is 29.8 Å². The lowest BCUT2D eigenvalue weighted by Gasteiger charge is -2.07. The van der Waals surface area contributed by atoms with Crippen LogP contribution in [0.5, 0.6) is 5.75 Å². The molecule has 0 bridgehead atoms. The Labute approximate surface area is 129 Å². The second kappa shape index (κ2) is 11.2. The third-order valence-electron chi connectivity index (χ3n) is 3.62. The van der Waals surface area contributed by atoms with Crippen LogP contribution in [0.15, 0.2) is 24.3 Å². The van der Waals surface area contributed by atoms with Crippen LogP contribution in [0.2, 0.25) is 0 Å². The zero-order chi connectivity index (χ0) is 15.3. The van der Waals surface area contributed by atoms with Gasteiger partial charge in [-0.3, -0.25) is 5.41 Å². The number of nitrogens with two attached hydrogens (primary N) is 1. The van der Waals surface area contributed by atoms with Crippen molar-refractivity contribution in [1.82, 2.24) is 0 Å². The number of hydrogen-bond donors (Lipinski definition) is 2. The number of amidine groups is 1. The maximum Gasteiger partial charge on any atom is 0.119 e. The van der Waals surface area contributed by atoms with Crippen LogP contribution in [0.4, 0.5) is 0 Å². The number of benzene rings is 1. The first-order chi connectivity index (χ1) is 10.2. The van der Waals surface area contributed by atoms with Gasteiger partial charge < -0.3 is 10.5 Å². The first-order valence-corrected chi connectivity index (χ1v) is 8.27. The fraction of sp³-hybridized carbons (Fsp3) is 0.611. The predicted octanol–water partition coefficient (Wildman–Crippen LogP) is 4.68. The monoisotopic (exact) mass is 290 g/mol. The maximum absolute atomic E-state index is 7.22. The summed E-state index contributed by atoms with van der Waals surface area (Å²) in [6.45, 7) is 3.06. The molecule has 0 unspecified atom stereocenters. The standard InChI is InChI=1S/C18H30N2O/c1-2-3-4-5-6-7-8-15-21-17-12-9-16(10-13-17)11-14-18(19)20/h9-10,12-13H,2-8,11,14-15H2,1H3,(H3,19,20). The van der Waals surface area contributed by atoms with Gasteiger partial charge in [0, 0.05) is 6.42 Å². The number of nitrogens with one attached hydrogen (secondary N) is 1. The van der Waals surface area contributed by atoms with Crippen molar-refractivity contribution in [3.63, 3.8) is 0 Å². The molecule has 0 aliphatic heterocycles. The molecule has 21 heavy (non-hydrogen) atoms. The van der Waals surface area contributed by atoms with Gasteiger partial charge >= 0.3 is 0 Å². The molecule has 3 heteroatoms. The summed E-state index contributed by atoms with van der Waals surface area (Å²) >= 11 is 0. The SMILES string of the molecule is CCCCCCCCCOc1ccc(CCC(=N)N)cc1. The van der Waals surface area contributed by atoms with Crippen LogP contribution < -0.4 is 10.5 Å². The molecule has 3 N–H and O–H groups in total. The van der Waals surface area contributed by atoms with E-state index in [2.05, 4.69) is 19.1 Å². The zero-order valence-corrected chi connectivity index (χ0v) is 13.4.